The molecule has 0 radical (unpaired) electrons. The third kappa shape index (κ3) is 4.75. The molecule has 4 aliphatic rings. The number of aliphatic hydroxyl groups excluding tert-OH is 2. The molecule has 3 saturated carbocycles. The topological polar surface area (TPSA) is 116 Å². The highest BCUT2D eigenvalue weighted by Gasteiger charge is 2.66. The van der Waals surface area contributed by atoms with Crippen molar-refractivity contribution in [2.24, 2.45) is 38.9 Å². The molecule has 0 bridgehead atoms. The monoisotopic (exact) mass is 521 g/mol. The zero-order chi connectivity index (χ0) is 27.0. The lowest BCUT2D eigenvalue weighted by atomic mass is 9.46. The minimum absolute atomic E-state index is 0.0330. The summed E-state index contributed by atoms with van der Waals surface area (Å²) < 4.78 is 5.53. The highest BCUT2D eigenvalue weighted by Crippen LogP contribution is 2.67. The average molecular weight is 522 g/mol. The summed E-state index contributed by atoms with van der Waals surface area (Å²) in [6, 6.07) is 0. The first-order valence-corrected chi connectivity index (χ1v) is 13.8. The van der Waals surface area contributed by atoms with E-state index >= 15 is 0 Å². The number of hydrogen-bond acceptors (Lipinski definition) is 9. The van der Waals surface area contributed by atoms with Crippen LogP contribution < -0.4 is 0 Å². The second-order valence-electron chi connectivity index (χ2n) is 12.1. The average Bonchev–Trinajstić information content (AvgIpc) is 3.12. The Hall–Kier alpha value is -1.52. The SMILES string of the molecule is CCOCCN(C)C/C(=N/OC)[C@H]1CC[C@@]2(O)C3=C/C(=N\OC)[C@@H]4C[C@@H](O)[C@@H](O)C[C@]4(C)C3CC[C@]12C. The molecular formula is C28H47N3O6. The molecule has 210 valence electrons. The Morgan fingerprint density at radius 1 is 1.11 bits per heavy atom. The molecule has 8 atom stereocenters. The number of likely N-dealkylation sites (N-methyl/N-ethyl adjacent to an activating group) is 1. The Balaban J connectivity index is 1.68. The van der Waals surface area contributed by atoms with Crippen molar-refractivity contribution in [2.45, 2.75) is 77.1 Å². The van der Waals surface area contributed by atoms with Crippen LogP contribution in [0.1, 0.15) is 59.3 Å². The van der Waals surface area contributed by atoms with Crippen molar-refractivity contribution in [3.05, 3.63) is 11.6 Å². The van der Waals surface area contributed by atoms with Gasteiger partial charge < -0.3 is 29.7 Å². The van der Waals surface area contributed by atoms with E-state index in [1.54, 1.807) is 7.11 Å². The number of ether oxygens (including phenoxy) is 1. The minimum Gasteiger partial charge on any atom is -0.399 e. The van der Waals surface area contributed by atoms with Gasteiger partial charge >= 0.3 is 0 Å². The van der Waals surface area contributed by atoms with Crippen LogP contribution in [0.5, 0.6) is 0 Å². The number of rotatable bonds is 9. The molecule has 0 saturated heterocycles. The van der Waals surface area contributed by atoms with E-state index in [9.17, 15) is 15.3 Å². The van der Waals surface area contributed by atoms with Gasteiger partial charge in [0.1, 0.15) is 14.2 Å². The summed E-state index contributed by atoms with van der Waals surface area (Å²) in [5.74, 6) is 0.138. The van der Waals surface area contributed by atoms with E-state index < -0.39 is 23.2 Å². The zero-order valence-corrected chi connectivity index (χ0v) is 23.4. The molecule has 4 rings (SSSR count). The molecule has 0 aliphatic heterocycles. The fourth-order valence-electron chi connectivity index (χ4n) is 8.16. The molecule has 0 aromatic carbocycles. The van der Waals surface area contributed by atoms with Crippen LogP contribution in [-0.4, -0.2) is 97.0 Å². The van der Waals surface area contributed by atoms with Crippen LogP contribution in [0.15, 0.2) is 22.0 Å². The minimum atomic E-state index is -1.03. The fraction of sp³-hybridized carbons (Fsp3) is 0.857. The standard InChI is InChI=1S/C28H47N3O6/c1-7-37-13-12-31(4)17-23(30-36-6)19-9-11-28(34)20-14-22(29-35-5)21-15-24(32)25(33)16-26(21,2)18(20)8-10-27(19,28)3/h14,18-19,21,24-25,32-34H,7-13,15-17H2,1-6H3/b29-22+,30-23-/t18?,19-,21+,24-,25+,26-,27-,28-/m1/s1. The van der Waals surface area contributed by atoms with E-state index in [1.807, 2.05) is 13.0 Å². The third-order valence-electron chi connectivity index (χ3n) is 10.2. The van der Waals surface area contributed by atoms with Gasteiger partial charge in [0.15, 0.2) is 0 Å². The maximum atomic E-state index is 12.6. The molecule has 0 amide bonds. The maximum Gasteiger partial charge on any atom is 0.106 e. The maximum absolute atomic E-state index is 12.6. The molecule has 3 fully saturated rings. The van der Waals surface area contributed by atoms with Gasteiger partial charge in [0.2, 0.25) is 0 Å². The zero-order valence-electron chi connectivity index (χ0n) is 23.4. The van der Waals surface area contributed by atoms with E-state index in [4.69, 9.17) is 14.4 Å². The van der Waals surface area contributed by atoms with Crippen LogP contribution in [0, 0.1) is 28.6 Å². The van der Waals surface area contributed by atoms with Crippen LogP contribution >= 0.6 is 0 Å². The van der Waals surface area contributed by atoms with Gasteiger partial charge in [0.05, 0.1) is 35.8 Å². The molecule has 9 nitrogen and oxygen atoms in total. The first kappa shape index (κ1) is 28.5. The molecule has 3 N–H and O–H groups in total. The van der Waals surface area contributed by atoms with Gasteiger partial charge in [-0.15, -0.1) is 0 Å². The Bertz CT molecular complexity index is 924. The van der Waals surface area contributed by atoms with Crippen LogP contribution in [0.4, 0.5) is 0 Å². The largest absolute Gasteiger partial charge is 0.399 e. The van der Waals surface area contributed by atoms with Crippen LogP contribution in [0.2, 0.25) is 0 Å². The summed E-state index contributed by atoms with van der Waals surface area (Å²) in [7, 11) is 5.18. The van der Waals surface area contributed by atoms with Crippen LogP contribution in [0.25, 0.3) is 0 Å². The fourth-order valence-corrected chi connectivity index (χ4v) is 8.16. The van der Waals surface area contributed by atoms with Gasteiger partial charge in [-0.2, -0.15) is 0 Å². The Morgan fingerprint density at radius 3 is 2.54 bits per heavy atom. The quantitative estimate of drug-likeness (QED) is 0.243. The van der Waals surface area contributed by atoms with Gasteiger partial charge in [-0.1, -0.05) is 24.2 Å². The molecule has 0 spiro atoms. The lowest BCUT2D eigenvalue weighted by Gasteiger charge is -2.60. The number of hydrogen-bond donors (Lipinski definition) is 3. The second kappa shape index (κ2) is 10.9. The number of oxime groups is 2. The van der Waals surface area contributed by atoms with Gasteiger partial charge in [0, 0.05) is 36.9 Å². The lowest BCUT2D eigenvalue weighted by molar-refractivity contribution is -0.116. The highest BCUT2D eigenvalue weighted by atomic mass is 16.6. The van der Waals surface area contributed by atoms with Crippen molar-refractivity contribution < 1.29 is 29.7 Å². The molecule has 4 aliphatic carbocycles. The molecular weight excluding hydrogens is 474 g/mol. The van der Waals surface area contributed by atoms with Gasteiger partial charge in [-0.05, 0) is 75.5 Å². The number of nitrogens with zero attached hydrogens (tertiary/aromatic N) is 3. The Labute approximate surface area is 221 Å². The molecule has 0 aromatic rings. The van der Waals surface area contributed by atoms with E-state index in [0.717, 1.165) is 42.8 Å². The predicted molar refractivity (Wildman–Crippen MR) is 142 cm³/mol. The molecule has 1 unspecified atom stereocenters. The van der Waals surface area contributed by atoms with Crippen molar-refractivity contribution in [1.82, 2.24) is 4.90 Å². The number of allylic oxidation sites excluding steroid dienone is 1. The van der Waals surface area contributed by atoms with E-state index in [1.165, 1.54) is 7.11 Å². The molecule has 9 heteroatoms. The summed E-state index contributed by atoms with van der Waals surface area (Å²) in [5.41, 5.74) is 0.955. The predicted octanol–water partition coefficient (Wildman–Crippen LogP) is 2.59. The highest BCUT2D eigenvalue weighted by molar-refractivity contribution is 5.99. The first-order chi connectivity index (χ1) is 17.6. The Kier molecular flexibility index (Phi) is 8.41. The van der Waals surface area contributed by atoms with Gasteiger partial charge in [-0.3, -0.25) is 4.90 Å². The molecule has 0 aromatic heterocycles. The smallest absolute Gasteiger partial charge is 0.106 e. The van der Waals surface area contributed by atoms with Crippen molar-refractivity contribution >= 4 is 11.4 Å². The van der Waals surface area contributed by atoms with Crippen LogP contribution in [-0.2, 0) is 14.4 Å². The summed E-state index contributed by atoms with van der Waals surface area (Å²) in [6.07, 6.45) is 4.60. The van der Waals surface area contributed by atoms with Gasteiger partial charge in [-0.25, -0.2) is 0 Å². The normalized spacial score (nSPS) is 42.8. The lowest BCUT2D eigenvalue weighted by Crippen LogP contribution is -2.61. The van der Waals surface area contributed by atoms with Gasteiger partial charge in [0.25, 0.3) is 0 Å². The van der Waals surface area contributed by atoms with E-state index in [0.29, 0.717) is 39.0 Å². The van der Waals surface area contributed by atoms with Crippen molar-refractivity contribution in [3.63, 3.8) is 0 Å². The van der Waals surface area contributed by atoms with Crippen molar-refractivity contribution in [1.29, 1.82) is 0 Å². The van der Waals surface area contributed by atoms with Crippen molar-refractivity contribution in [3.8, 4) is 0 Å². The first-order valence-electron chi connectivity index (χ1n) is 13.8. The number of aliphatic hydroxyl groups is 3. The third-order valence-corrected chi connectivity index (χ3v) is 10.2. The summed E-state index contributed by atoms with van der Waals surface area (Å²) in [5, 5.41) is 42.6. The Morgan fingerprint density at radius 2 is 1.86 bits per heavy atom. The molecule has 0 heterocycles. The number of fused-ring (bicyclic) bond motifs is 5. The van der Waals surface area contributed by atoms with Crippen molar-refractivity contribution in [2.75, 3.05) is 47.6 Å². The summed E-state index contributed by atoms with van der Waals surface area (Å²) >= 11 is 0. The summed E-state index contributed by atoms with van der Waals surface area (Å²) in [4.78, 5) is 12.7. The van der Waals surface area contributed by atoms with E-state index in [2.05, 4.69) is 36.1 Å². The summed E-state index contributed by atoms with van der Waals surface area (Å²) in [6.45, 7) is 9.20. The van der Waals surface area contributed by atoms with E-state index in [-0.39, 0.29) is 23.2 Å². The van der Waals surface area contributed by atoms with Crippen LogP contribution in [0.3, 0.4) is 0 Å². The second-order valence-corrected chi connectivity index (χ2v) is 12.1. The molecule has 37 heavy (non-hydrogen) atoms.